The van der Waals surface area contributed by atoms with Crippen molar-refractivity contribution in [3.8, 4) is 0 Å². The van der Waals surface area contributed by atoms with Crippen molar-refractivity contribution in [2.45, 2.75) is 19.0 Å². The number of amides is 1. The number of rotatable bonds is 5. The van der Waals surface area contributed by atoms with Crippen molar-refractivity contribution in [2.75, 3.05) is 26.2 Å². The topological polar surface area (TPSA) is 44.4 Å². The summed E-state index contributed by atoms with van der Waals surface area (Å²) < 4.78 is 0. The lowest BCUT2D eigenvalue weighted by Crippen LogP contribution is -2.49. The fourth-order valence-corrected chi connectivity index (χ4v) is 4.06. The molecular formula is C18H22ClN3OS. The normalized spacial score (nSPS) is 19.8. The number of carbonyl (C=O) groups excluding carboxylic acids is 1. The second kappa shape index (κ2) is 8.12. The van der Waals surface area contributed by atoms with Crippen molar-refractivity contribution in [1.82, 2.24) is 15.5 Å². The fourth-order valence-electron chi connectivity index (χ4n) is 3.07. The summed E-state index contributed by atoms with van der Waals surface area (Å²) in [5, 5.41) is 9.27. The highest BCUT2D eigenvalue weighted by atomic mass is 35.5. The minimum atomic E-state index is 0.0409. The van der Waals surface area contributed by atoms with E-state index in [2.05, 4.69) is 15.5 Å². The van der Waals surface area contributed by atoms with Gasteiger partial charge in [0.05, 0.1) is 12.6 Å². The molecule has 0 bridgehead atoms. The molecule has 1 aliphatic rings. The number of thiophene rings is 1. The lowest BCUT2D eigenvalue weighted by Gasteiger charge is -2.36. The summed E-state index contributed by atoms with van der Waals surface area (Å²) in [6.45, 7) is 4.92. The van der Waals surface area contributed by atoms with E-state index < -0.39 is 0 Å². The van der Waals surface area contributed by atoms with Gasteiger partial charge in [0.15, 0.2) is 0 Å². The third kappa shape index (κ3) is 4.16. The van der Waals surface area contributed by atoms with Gasteiger partial charge in [0.25, 0.3) is 0 Å². The van der Waals surface area contributed by atoms with Crippen LogP contribution < -0.4 is 10.6 Å². The van der Waals surface area contributed by atoms with E-state index in [0.717, 1.165) is 30.2 Å². The molecular weight excluding hydrogens is 342 g/mol. The number of hydrogen-bond donors (Lipinski definition) is 2. The van der Waals surface area contributed by atoms with Crippen LogP contribution in [0.1, 0.15) is 29.4 Å². The van der Waals surface area contributed by atoms with Crippen LogP contribution in [0.15, 0.2) is 41.8 Å². The molecule has 0 saturated carbocycles. The highest BCUT2D eigenvalue weighted by molar-refractivity contribution is 7.10. The summed E-state index contributed by atoms with van der Waals surface area (Å²) in [6.07, 6.45) is 0. The number of carbonyl (C=O) groups is 1. The lowest BCUT2D eigenvalue weighted by atomic mass is 10.0. The Morgan fingerprint density at radius 2 is 2.25 bits per heavy atom. The standard InChI is InChI=1S/C18H22ClN3OS/c1-13(17-7-4-10-24-17)21-18(23)12-22-9-8-20-11-16(22)14-5-2-3-6-15(14)19/h2-7,10,13,16,20H,8-9,11-12H2,1H3,(H,21,23). The van der Waals surface area contributed by atoms with E-state index in [-0.39, 0.29) is 18.0 Å². The number of nitrogens with zero attached hydrogens (tertiary/aromatic N) is 1. The molecule has 4 nitrogen and oxygen atoms in total. The summed E-state index contributed by atoms with van der Waals surface area (Å²) >= 11 is 8.02. The third-order valence-corrected chi connectivity index (χ3v) is 5.71. The van der Waals surface area contributed by atoms with Crippen LogP contribution >= 0.6 is 22.9 Å². The zero-order chi connectivity index (χ0) is 16.9. The summed E-state index contributed by atoms with van der Waals surface area (Å²) in [5.74, 6) is 0.0508. The van der Waals surface area contributed by atoms with Gasteiger partial charge in [0.1, 0.15) is 0 Å². The molecule has 1 fully saturated rings. The number of nitrogens with one attached hydrogen (secondary N) is 2. The van der Waals surface area contributed by atoms with E-state index in [1.807, 2.05) is 48.7 Å². The molecule has 2 atom stereocenters. The molecule has 1 aromatic heterocycles. The molecule has 2 N–H and O–H groups in total. The molecule has 6 heteroatoms. The van der Waals surface area contributed by atoms with Gasteiger partial charge in [-0.25, -0.2) is 0 Å². The average molecular weight is 364 g/mol. The van der Waals surface area contributed by atoms with Crippen molar-refractivity contribution >= 4 is 28.8 Å². The van der Waals surface area contributed by atoms with E-state index in [0.29, 0.717) is 6.54 Å². The Balaban J connectivity index is 1.65. The molecule has 1 aliphatic heterocycles. The Bertz CT molecular complexity index is 677. The SMILES string of the molecule is CC(NC(=O)CN1CCNCC1c1ccccc1Cl)c1cccs1. The van der Waals surface area contributed by atoms with Crippen molar-refractivity contribution < 1.29 is 4.79 Å². The van der Waals surface area contributed by atoms with Gasteiger partial charge in [0, 0.05) is 35.6 Å². The highest BCUT2D eigenvalue weighted by Crippen LogP contribution is 2.28. The van der Waals surface area contributed by atoms with Gasteiger partial charge in [-0.15, -0.1) is 11.3 Å². The smallest absolute Gasteiger partial charge is 0.234 e. The van der Waals surface area contributed by atoms with Crippen LogP contribution in [0.4, 0.5) is 0 Å². The number of piperazine rings is 1. The fraction of sp³-hybridized carbons (Fsp3) is 0.389. The molecule has 1 amide bonds. The number of halogens is 1. The van der Waals surface area contributed by atoms with Gasteiger partial charge in [-0.05, 0) is 30.0 Å². The van der Waals surface area contributed by atoms with Crippen molar-refractivity contribution in [1.29, 1.82) is 0 Å². The Hall–Kier alpha value is -1.40. The molecule has 2 unspecified atom stereocenters. The molecule has 0 spiro atoms. The van der Waals surface area contributed by atoms with Crippen LogP contribution in [0.25, 0.3) is 0 Å². The van der Waals surface area contributed by atoms with Crippen LogP contribution in [0.3, 0.4) is 0 Å². The summed E-state index contributed by atoms with van der Waals surface area (Å²) in [7, 11) is 0. The Labute approximate surface area is 151 Å². The second-order valence-electron chi connectivity index (χ2n) is 6.02. The van der Waals surface area contributed by atoms with E-state index in [1.54, 1.807) is 11.3 Å². The van der Waals surface area contributed by atoms with Crippen LogP contribution in [0, 0.1) is 0 Å². The third-order valence-electron chi connectivity index (χ3n) is 4.31. The van der Waals surface area contributed by atoms with Crippen molar-refractivity contribution in [3.63, 3.8) is 0 Å². The number of hydrogen-bond acceptors (Lipinski definition) is 4. The maximum Gasteiger partial charge on any atom is 0.234 e. The molecule has 0 radical (unpaired) electrons. The molecule has 2 heterocycles. The largest absolute Gasteiger partial charge is 0.348 e. The highest BCUT2D eigenvalue weighted by Gasteiger charge is 2.27. The van der Waals surface area contributed by atoms with Crippen LogP contribution in [0.2, 0.25) is 5.02 Å². The second-order valence-corrected chi connectivity index (χ2v) is 7.40. The molecule has 128 valence electrons. The van der Waals surface area contributed by atoms with Gasteiger partial charge in [0.2, 0.25) is 5.91 Å². The molecule has 24 heavy (non-hydrogen) atoms. The van der Waals surface area contributed by atoms with Crippen LogP contribution in [-0.4, -0.2) is 37.0 Å². The van der Waals surface area contributed by atoms with E-state index in [4.69, 9.17) is 11.6 Å². The lowest BCUT2D eigenvalue weighted by molar-refractivity contribution is -0.123. The van der Waals surface area contributed by atoms with E-state index in [9.17, 15) is 4.79 Å². The van der Waals surface area contributed by atoms with Gasteiger partial charge in [-0.1, -0.05) is 35.9 Å². The Morgan fingerprint density at radius 3 is 3.00 bits per heavy atom. The first kappa shape index (κ1) is 17.4. The van der Waals surface area contributed by atoms with Gasteiger partial charge < -0.3 is 10.6 Å². The zero-order valence-electron chi connectivity index (χ0n) is 13.7. The minimum absolute atomic E-state index is 0.0409. The van der Waals surface area contributed by atoms with E-state index >= 15 is 0 Å². The maximum absolute atomic E-state index is 12.5. The first-order chi connectivity index (χ1) is 11.6. The molecule has 0 aliphatic carbocycles. The first-order valence-corrected chi connectivity index (χ1v) is 9.43. The number of benzene rings is 1. The minimum Gasteiger partial charge on any atom is -0.348 e. The molecule has 3 rings (SSSR count). The summed E-state index contributed by atoms with van der Waals surface area (Å²) in [4.78, 5) is 15.9. The zero-order valence-corrected chi connectivity index (χ0v) is 15.2. The van der Waals surface area contributed by atoms with Gasteiger partial charge >= 0.3 is 0 Å². The molecule has 1 saturated heterocycles. The van der Waals surface area contributed by atoms with Gasteiger partial charge in [-0.3, -0.25) is 9.69 Å². The summed E-state index contributed by atoms with van der Waals surface area (Å²) in [5.41, 5.74) is 1.07. The Kier molecular flexibility index (Phi) is 5.89. The maximum atomic E-state index is 12.5. The molecule has 2 aromatic rings. The first-order valence-electron chi connectivity index (χ1n) is 8.17. The van der Waals surface area contributed by atoms with E-state index in [1.165, 1.54) is 4.88 Å². The van der Waals surface area contributed by atoms with Crippen LogP contribution in [0.5, 0.6) is 0 Å². The Morgan fingerprint density at radius 1 is 1.42 bits per heavy atom. The predicted octanol–water partition coefficient (Wildman–Crippen LogP) is 3.23. The van der Waals surface area contributed by atoms with Crippen molar-refractivity contribution in [3.05, 3.63) is 57.2 Å². The predicted molar refractivity (Wildman–Crippen MR) is 99.5 cm³/mol. The van der Waals surface area contributed by atoms with Crippen molar-refractivity contribution in [2.24, 2.45) is 0 Å². The van der Waals surface area contributed by atoms with Gasteiger partial charge in [-0.2, -0.15) is 0 Å². The average Bonchev–Trinajstić information content (AvgIpc) is 3.11. The van der Waals surface area contributed by atoms with Crippen LogP contribution in [-0.2, 0) is 4.79 Å². The summed E-state index contributed by atoms with van der Waals surface area (Å²) in [6, 6.07) is 12.1. The molecule has 1 aromatic carbocycles. The quantitative estimate of drug-likeness (QED) is 0.857. The monoisotopic (exact) mass is 363 g/mol.